The van der Waals surface area contributed by atoms with Crippen LogP contribution in [0, 0.1) is 11.8 Å². The van der Waals surface area contributed by atoms with Crippen LogP contribution in [0.1, 0.15) is 87.6 Å². The standard InChI is InChI=1S/C28H34O3/c1-6-9-24(27(29)30-8-3)22-13-10-20(11-14-22)12-15-23-18-25-26(19-21(23)7-2)31-17-16-28(25,4)5/h10-11,13-14,18-19,24H,6-9,16-17H2,1-5H3. The van der Waals surface area contributed by atoms with Gasteiger partial charge in [-0.15, -0.1) is 0 Å². The van der Waals surface area contributed by atoms with Gasteiger partial charge in [0.15, 0.2) is 0 Å². The Morgan fingerprint density at radius 2 is 1.87 bits per heavy atom. The van der Waals surface area contributed by atoms with Crippen LogP contribution in [-0.4, -0.2) is 19.2 Å². The largest absolute Gasteiger partial charge is 0.493 e. The van der Waals surface area contributed by atoms with Crippen LogP contribution >= 0.6 is 0 Å². The zero-order chi connectivity index (χ0) is 22.4. The third kappa shape index (κ3) is 5.31. The van der Waals surface area contributed by atoms with Crippen molar-refractivity contribution in [3.63, 3.8) is 0 Å². The zero-order valence-corrected chi connectivity index (χ0v) is 19.5. The summed E-state index contributed by atoms with van der Waals surface area (Å²) in [6.07, 6.45) is 3.65. The molecule has 0 aromatic heterocycles. The van der Waals surface area contributed by atoms with E-state index in [4.69, 9.17) is 9.47 Å². The average molecular weight is 419 g/mol. The predicted octanol–water partition coefficient (Wildman–Crippen LogP) is 6.16. The van der Waals surface area contributed by atoms with Gasteiger partial charge in [-0.1, -0.05) is 58.1 Å². The Bertz CT molecular complexity index is 974. The van der Waals surface area contributed by atoms with E-state index in [0.29, 0.717) is 6.61 Å². The number of benzene rings is 2. The van der Waals surface area contributed by atoms with Crippen LogP contribution in [0.15, 0.2) is 36.4 Å². The SMILES string of the molecule is CCCC(C(=O)OCC)c1ccc(C#Cc2cc3c(cc2CC)OCCC3(C)C)cc1. The maximum absolute atomic E-state index is 12.3. The number of fused-ring (bicyclic) bond motifs is 1. The van der Waals surface area contributed by atoms with Gasteiger partial charge in [-0.05, 0) is 67.0 Å². The third-order valence-corrected chi connectivity index (χ3v) is 6.10. The Morgan fingerprint density at radius 3 is 2.52 bits per heavy atom. The smallest absolute Gasteiger partial charge is 0.313 e. The van der Waals surface area contributed by atoms with Crippen molar-refractivity contribution in [1.29, 1.82) is 0 Å². The molecule has 3 nitrogen and oxygen atoms in total. The van der Waals surface area contributed by atoms with Crippen LogP contribution in [0.2, 0.25) is 0 Å². The van der Waals surface area contributed by atoms with Gasteiger partial charge in [-0.25, -0.2) is 0 Å². The fourth-order valence-electron chi connectivity index (χ4n) is 4.12. The lowest BCUT2D eigenvalue weighted by Gasteiger charge is -2.33. The number of rotatable bonds is 6. The molecule has 0 fully saturated rings. The summed E-state index contributed by atoms with van der Waals surface area (Å²) in [5, 5.41) is 0. The van der Waals surface area contributed by atoms with Gasteiger partial charge >= 0.3 is 5.97 Å². The van der Waals surface area contributed by atoms with Crippen LogP contribution in [0.25, 0.3) is 0 Å². The van der Waals surface area contributed by atoms with Crippen molar-refractivity contribution >= 4 is 5.97 Å². The van der Waals surface area contributed by atoms with E-state index in [2.05, 4.69) is 51.7 Å². The molecule has 0 saturated heterocycles. The first-order valence-corrected chi connectivity index (χ1v) is 11.5. The fraction of sp³-hybridized carbons (Fsp3) is 0.464. The molecule has 0 bridgehead atoms. The van der Waals surface area contributed by atoms with Gasteiger partial charge < -0.3 is 9.47 Å². The van der Waals surface area contributed by atoms with Gasteiger partial charge in [0.2, 0.25) is 0 Å². The summed E-state index contributed by atoms with van der Waals surface area (Å²) in [6, 6.07) is 12.4. The van der Waals surface area contributed by atoms with Crippen molar-refractivity contribution in [3.05, 3.63) is 64.2 Å². The van der Waals surface area contributed by atoms with Crippen molar-refractivity contribution in [3.8, 4) is 17.6 Å². The van der Waals surface area contributed by atoms with Crippen molar-refractivity contribution in [2.45, 2.75) is 71.6 Å². The van der Waals surface area contributed by atoms with Crippen LogP contribution < -0.4 is 4.74 Å². The minimum absolute atomic E-state index is 0.0965. The number of esters is 1. The molecule has 0 aliphatic carbocycles. The molecule has 3 rings (SSSR count). The van der Waals surface area contributed by atoms with E-state index in [0.717, 1.165) is 54.7 Å². The molecule has 1 aliphatic rings. The third-order valence-electron chi connectivity index (χ3n) is 6.10. The van der Waals surface area contributed by atoms with Crippen molar-refractivity contribution < 1.29 is 14.3 Å². The second-order valence-corrected chi connectivity index (χ2v) is 8.81. The summed E-state index contributed by atoms with van der Waals surface area (Å²) in [5.74, 6) is 7.36. The molecule has 31 heavy (non-hydrogen) atoms. The normalized spacial score (nSPS) is 15.1. The van der Waals surface area contributed by atoms with Gasteiger partial charge in [0.05, 0.1) is 19.1 Å². The summed E-state index contributed by atoms with van der Waals surface area (Å²) in [7, 11) is 0. The predicted molar refractivity (Wildman–Crippen MR) is 126 cm³/mol. The lowest BCUT2D eigenvalue weighted by molar-refractivity contribution is -0.145. The molecule has 1 unspecified atom stereocenters. The highest BCUT2D eigenvalue weighted by atomic mass is 16.5. The van der Waals surface area contributed by atoms with Gasteiger partial charge in [-0.3, -0.25) is 4.79 Å². The highest BCUT2D eigenvalue weighted by Crippen LogP contribution is 2.39. The highest BCUT2D eigenvalue weighted by Gasteiger charge is 2.29. The Balaban J connectivity index is 1.88. The highest BCUT2D eigenvalue weighted by molar-refractivity contribution is 5.78. The second kappa shape index (κ2) is 10.1. The lowest BCUT2D eigenvalue weighted by atomic mass is 9.78. The second-order valence-electron chi connectivity index (χ2n) is 8.81. The number of aryl methyl sites for hydroxylation is 1. The molecule has 0 N–H and O–H groups in total. The summed E-state index contributed by atoms with van der Waals surface area (Å²) in [6.45, 7) is 11.8. The Morgan fingerprint density at radius 1 is 1.13 bits per heavy atom. The van der Waals surface area contributed by atoms with Gasteiger partial charge in [0.1, 0.15) is 5.75 Å². The molecule has 1 heterocycles. The van der Waals surface area contributed by atoms with E-state index in [1.54, 1.807) is 0 Å². The van der Waals surface area contributed by atoms with Crippen molar-refractivity contribution in [2.24, 2.45) is 0 Å². The molecule has 3 heteroatoms. The molecule has 0 radical (unpaired) electrons. The van der Waals surface area contributed by atoms with Crippen LogP contribution in [0.3, 0.4) is 0 Å². The Kier molecular flexibility index (Phi) is 7.44. The van der Waals surface area contributed by atoms with E-state index < -0.39 is 0 Å². The average Bonchev–Trinajstić information content (AvgIpc) is 2.76. The van der Waals surface area contributed by atoms with Crippen molar-refractivity contribution in [1.82, 2.24) is 0 Å². The van der Waals surface area contributed by atoms with Gasteiger partial charge in [0.25, 0.3) is 0 Å². The lowest BCUT2D eigenvalue weighted by Crippen LogP contribution is -2.27. The Hall–Kier alpha value is -2.73. The molecule has 2 aromatic rings. The summed E-state index contributed by atoms with van der Waals surface area (Å²) in [4.78, 5) is 12.3. The molecular weight excluding hydrogens is 384 g/mol. The van der Waals surface area contributed by atoms with Crippen molar-refractivity contribution in [2.75, 3.05) is 13.2 Å². The zero-order valence-electron chi connectivity index (χ0n) is 19.5. The monoisotopic (exact) mass is 418 g/mol. The molecular formula is C28H34O3. The first-order valence-electron chi connectivity index (χ1n) is 11.5. The molecule has 0 amide bonds. The molecule has 1 aliphatic heterocycles. The van der Waals surface area contributed by atoms with E-state index in [1.807, 2.05) is 31.2 Å². The first kappa shape index (κ1) is 22.9. The molecule has 164 valence electrons. The van der Waals surface area contributed by atoms with Crippen LogP contribution in [-0.2, 0) is 21.4 Å². The molecule has 2 aromatic carbocycles. The number of ether oxygens (including phenoxy) is 2. The number of carbonyl (C=O) groups is 1. The minimum atomic E-state index is -0.207. The van der Waals surface area contributed by atoms with E-state index in [9.17, 15) is 4.79 Å². The van der Waals surface area contributed by atoms with Gasteiger partial charge in [-0.2, -0.15) is 0 Å². The van der Waals surface area contributed by atoms with E-state index in [1.165, 1.54) is 11.1 Å². The fourth-order valence-corrected chi connectivity index (χ4v) is 4.12. The topological polar surface area (TPSA) is 35.5 Å². The summed E-state index contributed by atoms with van der Waals surface area (Å²) in [5.41, 5.74) is 5.56. The quantitative estimate of drug-likeness (QED) is 0.416. The first-order chi connectivity index (χ1) is 14.9. The number of hydrogen-bond acceptors (Lipinski definition) is 3. The van der Waals surface area contributed by atoms with Crippen LogP contribution in [0.4, 0.5) is 0 Å². The molecule has 0 saturated carbocycles. The maximum Gasteiger partial charge on any atom is 0.313 e. The molecule has 0 spiro atoms. The minimum Gasteiger partial charge on any atom is -0.493 e. The Labute approximate surface area is 187 Å². The molecule has 1 atom stereocenters. The maximum atomic E-state index is 12.3. The van der Waals surface area contributed by atoms with E-state index >= 15 is 0 Å². The summed E-state index contributed by atoms with van der Waals surface area (Å²) >= 11 is 0. The van der Waals surface area contributed by atoms with Crippen LogP contribution in [0.5, 0.6) is 5.75 Å². The number of hydrogen-bond donors (Lipinski definition) is 0. The number of carbonyl (C=O) groups excluding carboxylic acids is 1. The van der Waals surface area contributed by atoms with E-state index in [-0.39, 0.29) is 17.3 Å². The van der Waals surface area contributed by atoms with Gasteiger partial charge in [0, 0.05) is 16.7 Å². The summed E-state index contributed by atoms with van der Waals surface area (Å²) < 4.78 is 11.2.